The van der Waals surface area contributed by atoms with Crippen molar-refractivity contribution in [2.45, 2.75) is 6.61 Å². The summed E-state index contributed by atoms with van der Waals surface area (Å²) < 4.78 is 32.1. The molecular weight excluding hydrogens is 292 g/mol. The van der Waals surface area contributed by atoms with E-state index in [0.717, 1.165) is 6.20 Å². The zero-order chi connectivity index (χ0) is 12.3. The molecule has 0 aliphatic carbocycles. The number of nitrogens with zero attached hydrogens (tertiary/aromatic N) is 1. The second-order valence-electron chi connectivity index (χ2n) is 3.37. The Morgan fingerprint density at radius 3 is 2.76 bits per heavy atom. The number of pyridine rings is 1. The largest absolute Gasteiger partial charge is 0.486 e. The summed E-state index contributed by atoms with van der Waals surface area (Å²) in [4.78, 5) is 3.68. The first-order valence-corrected chi connectivity index (χ1v) is 5.62. The maximum atomic E-state index is 13.3. The van der Waals surface area contributed by atoms with Gasteiger partial charge in [0.1, 0.15) is 12.4 Å². The molecule has 0 radical (unpaired) electrons. The van der Waals surface area contributed by atoms with Crippen LogP contribution in [0.4, 0.5) is 8.78 Å². The van der Waals surface area contributed by atoms with Crippen LogP contribution < -0.4 is 4.74 Å². The van der Waals surface area contributed by atoms with Crippen molar-refractivity contribution >= 4 is 15.9 Å². The van der Waals surface area contributed by atoms with Gasteiger partial charge in [-0.15, -0.1) is 0 Å². The van der Waals surface area contributed by atoms with Crippen molar-refractivity contribution in [1.82, 2.24) is 4.98 Å². The van der Waals surface area contributed by atoms with Crippen molar-refractivity contribution in [1.29, 1.82) is 0 Å². The maximum absolute atomic E-state index is 13.3. The number of benzene rings is 1. The van der Waals surface area contributed by atoms with Gasteiger partial charge in [-0.3, -0.25) is 4.98 Å². The minimum atomic E-state index is -0.461. The van der Waals surface area contributed by atoms with Crippen LogP contribution in [0.15, 0.2) is 41.1 Å². The molecule has 1 aromatic carbocycles. The Hall–Kier alpha value is -1.49. The van der Waals surface area contributed by atoms with E-state index in [1.807, 2.05) is 0 Å². The van der Waals surface area contributed by atoms with Crippen LogP contribution in [-0.4, -0.2) is 4.98 Å². The summed E-state index contributed by atoms with van der Waals surface area (Å²) in [5.74, 6) is -0.790. The molecule has 2 nitrogen and oxygen atoms in total. The normalized spacial score (nSPS) is 10.3. The monoisotopic (exact) mass is 299 g/mol. The molecule has 0 saturated carbocycles. The van der Waals surface area contributed by atoms with E-state index in [0.29, 0.717) is 10.0 Å². The summed E-state index contributed by atoms with van der Waals surface area (Å²) in [7, 11) is 0. The Balaban J connectivity index is 2.09. The molecule has 0 saturated heterocycles. The molecule has 88 valence electrons. The third-order valence-corrected chi connectivity index (χ3v) is 2.54. The molecule has 5 heteroatoms. The summed E-state index contributed by atoms with van der Waals surface area (Å²) in [5.41, 5.74) is 0.546. The Bertz CT molecular complexity index is 534. The number of ether oxygens (including phenoxy) is 1. The van der Waals surface area contributed by atoms with Crippen LogP contribution in [0.3, 0.4) is 0 Å². The van der Waals surface area contributed by atoms with Crippen LogP contribution in [0.5, 0.6) is 5.75 Å². The Kier molecular flexibility index (Phi) is 3.68. The molecule has 0 spiro atoms. The average Bonchev–Trinajstić information content (AvgIpc) is 2.30. The summed E-state index contributed by atoms with van der Waals surface area (Å²) in [5, 5.41) is 0. The fourth-order valence-corrected chi connectivity index (χ4v) is 1.62. The standard InChI is InChI=1S/C12H8BrF2NO/c13-9-1-2-11(15)12(4-9)17-7-8-3-10(14)6-16-5-8/h1-6H,7H2. The van der Waals surface area contributed by atoms with Gasteiger partial charge in [0.15, 0.2) is 11.6 Å². The SMILES string of the molecule is Fc1cncc(COc2cc(Br)ccc2F)c1. The summed E-state index contributed by atoms with van der Waals surface area (Å²) >= 11 is 3.22. The quantitative estimate of drug-likeness (QED) is 0.862. The zero-order valence-corrected chi connectivity index (χ0v) is 10.2. The highest BCUT2D eigenvalue weighted by Crippen LogP contribution is 2.23. The van der Waals surface area contributed by atoms with E-state index < -0.39 is 11.6 Å². The lowest BCUT2D eigenvalue weighted by molar-refractivity contribution is 0.289. The van der Waals surface area contributed by atoms with Gasteiger partial charge in [-0.2, -0.15) is 0 Å². The lowest BCUT2D eigenvalue weighted by Gasteiger charge is -2.07. The van der Waals surface area contributed by atoms with E-state index in [1.165, 1.54) is 24.4 Å². The first kappa shape index (κ1) is 12.0. The first-order chi connectivity index (χ1) is 8.15. The predicted octanol–water partition coefficient (Wildman–Crippen LogP) is 3.70. The topological polar surface area (TPSA) is 22.1 Å². The highest BCUT2D eigenvalue weighted by atomic mass is 79.9. The predicted molar refractivity (Wildman–Crippen MR) is 62.6 cm³/mol. The number of halogens is 3. The molecule has 17 heavy (non-hydrogen) atoms. The van der Waals surface area contributed by atoms with Gasteiger partial charge in [-0.1, -0.05) is 15.9 Å². The van der Waals surface area contributed by atoms with E-state index in [9.17, 15) is 8.78 Å². The summed E-state index contributed by atoms with van der Waals surface area (Å²) in [6.45, 7) is 0.0676. The second kappa shape index (κ2) is 5.23. The van der Waals surface area contributed by atoms with Gasteiger partial charge in [0.25, 0.3) is 0 Å². The van der Waals surface area contributed by atoms with E-state index in [4.69, 9.17) is 4.74 Å². The zero-order valence-electron chi connectivity index (χ0n) is 8.66. The minimum absolute atomic E-state index is 0.0676. The van der Waals surface area contributed by atoms with Gasteiger partial charge in [0, 0.05) is 16.2 Å². The first-order valence-electron chi connectivity index (χ1n) is 4.82. The second-order valence-corrected chi connectivity index (χ2v) is 4.29. The van der Waals surface area contributed by atoms with Gasteiger partial charge >= 0.3 is 0 Å². The van der Waals surface area contributed by atoms with Crippen molar-refractivity contribution in [3.63, 3.8) is 0 Å². The average molecular weight is 300 g/mol. The van der Waals surface area contributed by atoms with Gasteiger partial charge in [0.2, 0.25) is 0 Å². The maximum Gasteiger partial charge on any atom is 0.165 e. The lowest BCUT2D eigenvalue weighted by Crippen LogP contribution is -1.98. The molecule has 1 heterocycles. The molecule has 0 unspecified atom stereocenters. The highest BCUT2D eigenvalue weighted by molar-refractivity contribution is 9.10. The molecule has 0 fully saturated rings. The van der Waals surface area contributed by atoms with E-state index in [1.54, 1.807) is 6.07 Å². The van der Waals surface area contributed by atoms with Gasteiger partial charge in [-0.25, -0.2) is 8.78 Å². The molecular formula is C12H8BrF2NO. The van der Waals surface area contributed by atoms with Crippen LogP contribution in [0.1, 0.15) is 5.56 Å². The summed E-state index contributed by atoms with van der Waals surface area (Å²) in [6.07, 6.45) is 2.57. The Morgan fingerprint density at radius 1 is 1.18 bits per heavy atom. The smallest absolute Gasteiger partial charge is 0.165 e. The van der Waals surface area contributed by atoms with Crippen LogP contribution >= 0.6 is 15.9 Å². The molecule has 0 atom stereocenters. The number of hydrogen-bond donors (Lipinski definition) is 0. The number of rotatable bonds is 3. The molecule has 0 bridgehead atoms. The molecule has 2 aromatic rings. The van der Waals surface area contributed by atoms with Gasteiger partial charge in [-0.05, 0) is 24.3 Å². The van der Waals surface area contributed by atoms with E-state index in [-0.39, 0.29) is 12.4 Å². The highest BCUT2D eigenvalue weighted by Gasteiger charge is 2.04. The van der Waals surface area contributed by atoms with Crippen LogP contribution in [0, 0.1) is 11.6 Å². The number of hydrogen-bond acceptors (Lipinski definition) is 2. The fourth-order valence-electron chi connectivity index (χ4n) is 1.28. The van der Waals surface area contributed by atoms with Crippen molar-refractivity contribution < 1.29 is 13.5 Å². The third-order valence-electron chi connectivity index (χ3n) is 2.05. The molecule has 0 aliphatic heterocycles. The van der Waals surface area contributed by atoms with Crippen LogP contribution in [0.25, 0.3) is 0 Å². The minimum Gasteiger partial charge on any atom is -0.486 e. The van der Waals surface area contributed by atoms with Crippen LogP contribution in [-0.2, 0) is 6.61 Å². The molecule has 0 aliphatic rings. The molecule has 0 amide bonds. The van der Waals surface area contributed by atoms with Crippen molar-refractivity contribution in [2.75, 3.05) is 0 Å². The van der Waals surface area contributed by atoms with Crippen LogP contribution in [0.2, 0.25) is 0 Å². The van der Waals surface area contributed by atoms with Gasteiger partial charge < -0.3 is 4.74 Å². The van der Waals surface area contributed by atoms with Crippen molar-refractivity contribution in [3.05, 3.63) is 58.3 Å². The Labute approximate surface area is 105 Å². The van der Waals surface area contributed by atoms with E-state index in [2.05, 4.69) is 20.9 Å². The summed E-state index contributed by atoms with van der Waals surface area (Å²) in [6, 6.07) is 5.68. The number of aromatic nitrogens is 1. The van der Waals surface area contributed by atoms with Crippen molar-refractivity contribution in [2.24, 2.45) is 0 Å². The fraction of sp³-hybridized carbons (Fsp3) is 0.0833. The third kappa shape index (κ3) is 3.23. The van der Waals surface area contributed by atoms with Gasteiger partial charge in [0.05, 0.1) is 6.20 Å². The lowest BCUT2D eigenvalue weighted by atomic mass is 10.3. The molecule has 2 rings (SSSR count). The van der Waals surface area contributed by atoms with Crippen molar-refractivity contribution in [3.8, 4) is 5.75 Å². The Morgan fingerprint density at radius 2 is 2.00 bits per heavy atom. The van der Waals surface area contributed by atoms with E-state index >= 15 is 0 Å². The molecule has 1 aromatic heterocycles. The molecule has 0 N–H and O–H groups in total.